The Kier molecular flexibility index (Phi) is 8.81. The van der Waals surface area contributed by atoms with E-state index in [0.717, 1.165) is 5.56 Å². The molecule has 1 unspecified atom stereocenters. The normalized spacial score (nSPS) is 14.4. The van der Waals surface area contributed by atoms with Crippen molar-refractivity contribution in [1.29, 1.82) is 0 Å². The number of benzene rings is 1. The van der Waals surface area contributed by atoms with Crippen molar-refractivity contribution in [3.63, 3.8) is 0 Å². The minimum absolute atomic E-state index is 0.0804. The van der Waals surface area contributed by atoms with Crippen molar-refractivity contribution >= 4 is 19.8 Å². The molecule has 114 valence electrons. The summed E-state index contributed by atoms with van der Waals surface area (Å²) >= 11 is -2.16. The molecule has 0 aliphatic heterocycles. The van der Waals surface area contributed by atoms with E-state index in [9.17, 15) is 10.2 Å². The molecule has 0 saturated carbocycles. The second-order valence-corrected chi connectivity index (χ2v) is 15.7. The molecule has 0 aromatic heterocycles. The van der Waals surface area contributed by atoms with Crippen LogP contribution in [0.4, 0.5) is 0 Å². The van der Waals surface area contributed by atoms with Crippen LogP contribution in [-0.4, -0.2) is 36.6 Å². The van der Waals surface area contributed by atoms with Crippen molar-refractivity contribution in [1.82, 2.24) is 0 Å². The first-order valence-electron chi connectivity index (χ1n) is 8.07. The summed E-state index contributed by atoms with van der Waals surface area (Å²) in [6.07, 6.45) is 5.37. The summed E-state index contributed by atoms with van der Waals surface area (Å²) in [6, 6.07) is 10.1. The first-order chi connectivity index (χ1) is 9.69. The van der Waals surface area contributed by atoms with Gasteiger partial charge in [0, 0.05) is 0 Å². The number of rotatable bonds is 10. The molecule has 0 spiro atoms. The van der Waals surface area contributed by atoms with E-state index >= 15 is 0 Å². The van der Waals surface area contributed by atoms with E-state index in [0.29, 0.717) is 6.42 Å². The molecule has 0 aliphatic carbocycles. The molecule has 1 aromatic rings. The molecule has 20 heavy (non-hydrogen) atoms. The Labute approximate surface area is 131 Å². The molecule has 1 aromatic carbocycles. The Morgan fingerprint density at radius 3 is 2.00 bits per heavy atom. The summed E-state index contributed by atoms with van der Waals surface area (Å²) < 4.78 is 1.80. The van der Waals surface area contributed by atoms with E-state index in [4.69, 9.17) is 0 Å². The third kappa shape index (κ3) is 5.05. The standard InChI is InChI=1S/C9H11O2.2C4H9.Sn.H/c10-7-6-9(11)8-4-2-1-3-5-8;2*1-3-4-2;;/h1-5,10-11H,6-7H2;2*1,3-4H2,2H3;;. The van der Waals surface area contributed by atoms with Gasteiger partial charge in [0.1, 0.15) is 0 Å². The van der Waals surface area contributed by atoms with Crippen molar-refractivity contribution in [2.24, 2.45) is 0 Å². The summed E-state index contributed by atoms with van der Waals surface area (Å²) in [5, 5.41) is 20.8. The topological polar surface area (TPSA) is 40.5 Å². The van der Waals surface area contributed by atoms with Crippen LogP contribution in [0.3, 0.4) is 0 Å². The Balaban J connectivity index is 2.98. The van der Waals surface area contributed by atoms with Crippen LogP contribution in [0.1, 0.15) is 51.5 Å². The summed E-state index contributed by atoms with van der Waals surface area (Å²) in [7, 11) is 0. The van der Waals surface area contributed by atoms with Gasteiger partial charge in [0.15, 0.2) is 0 Å². The molecular weight excluding hydrogens is 355 g/mol. The average Bonchev–Trinajstić information content (AvgIpc) is 2.48. The van der Waals surface area contributed by atoms with Crippen LogP contribution in [0.25, 0.3) is 0 Å². The second-order valence-electron chi connectivity index (χ2n) is 5.75. The molecule has 0 heterocycles. The van der Waals surface area contributed by atoms with Gasteiger partial charge in [-0.2, -0.15) is 0 Å². The summed E-state index contributed by atoms with van der Waals surface area (Å²) in [5.41, 5.74) is 1.04. The van der Waals surface area contributed by atoms with E-state index in [1.165, 1.54) is 34.6 Å². The van der Waals surface area contributed by atoms with E-state index in [-0.39, 0.29) is 6.61 Å². The molecule has 0 aliphatic rings. The van der Waals surface area contributed by atoms with Crippen LogP contribution in [0.15, 0.2) is 30.3 Å². The van der Waals surface area contributed by atoms with Gasteiger partial charge in [-0.3, -0.25) is 0 Å². The monoisotopic (exact) mass is 386 g/mol. The third-order valence-corrected chi connectivity index (χ3v) is 16.2. The number of aliphatic hydroxyl groups is 2. The van der Waals surface area contributed by atoms with Gasteiger partial charge < -0.3 is 0 Å². The number of hydrogen-bond acceptors (Lipinski definition) is 2. The molecule has 0 fully saturated rings. The van der Waals surface area contributed by atoms with Gasteiger partial charge in [-0.05, 0) is 0 Å². The third-order valence-electron chi connectivity index (χ3n) is 4.25. The van der Waals surface area contributed by atoms with Crippen LogP contribution in [-0.2, 0) is 3.62 Å². The average molecular weight is 385 g/mol. The molecule has 2 nitrogen and oxygen atoms in total. The number of hydrogen-bond donors (Lipinski definition) is 2. The fourth-order valence-corrected chi connectivity index (χ4v) is 15.1. The van der Waals surface area contributed by atoms with Gasteiger partial charge in [-0.15, -0.1) is 0 Å². The van der Waals surface area contributed by atoms with Crippen molar-refractivity contribution in [3.05, 3.63) is 35.9 Å². The van der Waals surface area contributed by atoms with Crippen LogP contribution in [0.5, 0.6) is 0 Å². The Morgan fingerprint density at radius 2 is 1.55 bits per heavy atom. The molecular formula is C17H30O2Sn. The molecule has 2 N–H and O–H groups in total. The van der Waals surface area contributed by atoms with Crippen LogP contribution < -0.4 is 0 Å². The molecule has 0 saturated heterocycles. The van der Waals surface area contributed by atoms with Gasteiger partial charge in [-0.1, -0.05) is 0 Å². The van der Waals surface area contributed by atoms with E-state index < -0.39 is 23.4 Å². The number of aliphatic hydroxyl groups excluding tert-OH is 1. The van der Waals surface area contributed by atoms with E-state index in [1.54, 1.807) is 0 Å². The van der Waals surface area contributed by atoms with Crippen LogP contribution in [0.2, 0.25) is 8.87 Å². The van der Waals surface area contributed by atoms with Gasteiger partial charge in [0.25, 0.3) is 0 Å². The van der Waals surface area contributed by atoms with Gasteiger partial charge in [-0.25, -0.2) is 0 Å². The van der Waals surface area contributed by atoms with Crippen LogP contribution in [0, 0.1) is 0 Å². The summed E-state index contributed by atoms with van der Waals surface area (Å²) in [6.45, 7) is 4.52. The molecule has 0 bridgehead atoms. The van der Waals surface area contributed by atoms with E-state index in [1.807, 2.05) is 30.3 Å². The second kappa shape index (κ2) is 9.80. The molecule has 0 amide bonds. The quantitative estimate of drug-likeness (QED) is 0.604. The zero-order chi connectivity index (χ0) is 14.8. The molecule has 1 rings (SSSR count). The van der Waals surface area contributed by atoms with Gasteiger partial charge in [0.05, 0.1) is 0 Å². The van der Waals surface area contributed by atoms with Gasteiger partial charge in [0.2, 0.25) is 0 Å². The molecule has 1 atom stereocenters. The van der Waals surface area contributed by atoms with Crippen LogP contribution >= 0.6 is 0 Å². The number of unbranched alkanes of at least 4 members (excludes halogenated alkanes) is 2. The Bertz CT molecular complexity index is 347. The molecule has 3 heteroatoms. The SMILES string of the molecule is CCC[CH2][SnH]([CH2]CCC)[C](O)(CCO)c1ccccc1. The van der Waals surface area contributed by atoms with E-state index in [2.05, 4.69) is 13.8 Å². The zero-order valence-electron chi connectivity index (χ0n) is 13.0. The predicted octanol–water partition coefficient (Wildman–Crippen LogP) is 3.62. The van der Waals surface area contributed by atoms with Crippen molar-refractivity contribution < 1.29 is 10.2 Å². The minimum atomic E-state index is -2.16. The van der Waals surface area contributed by atoms with Crippen molar-refractivity contribution in [2.45, 2.75) is 58.4 Å². The summed E-state index contributed by atoms with van der Waals surface area (Å²) in [4.78, 5) is 0. The first-order valence-corrected chi connectivity index (χ1v) is 14.4. The van der Waals surface area contributed by atoms with Gasteiger partial charge >= 0.3 is 131 Å². The molecule has 0 radical (unpaired) electrons. The predicted molar refractivity (Wildman–Crippen MR) is 88.6 cm³/mol. The zero-order valence-corrected chi connectivity index (χ0v) is 16.3. The fourth-order valence-electron chi connectivity index (χ4n) is 3.00. The Hall–Kier alpha value is -0.0613. The maximum absolute atomic E-state index is 11.3. The maximum atomic E-state index is 11.3. The van der Waals surface area contributed by atoms with Crippen molar-refractivity contribution in [2.75, 3.05) is 6.61 Å². The first kappa shape index (κ1) is 18.0. The van der Waals surface area contributed by atoms with Crippen molar-refractivity contribution in [3.8, 4) is 0 Å². The Morgan fingerprint density at radius 1 is 1.00 bits per heavy atom. The fraction of sp³-hybridized carbons (Fsp3) is 0.647. The summed E-state index contributed by atoms with van der Waals surface area (Å²) in [5.74, 6) is 0.